The smallest absolute Gasteiger partial charge is 0.126 e. The van der Waals surface area contributed by atoms with Crippen molar-refractivity contribution in [3.05, 3.63) is 65.4 Å². The summed E-state index contributed by atoms with van der Waals surface area (Å²) in [5.41, 5.74) is 4.74. The Kier molecular flexibility index (Phi) is 5.18. The van der Waals surface area contributed by atoms with Gasteiger partial charge in [-0.3, -0.25) is 0 Å². The van der Waals surface area contributed by atoms with Crippen LogP contribution in [0.1, 0.15) is 11.3 Å². The molecule has 3 heterocycles. The molecule has 1 aromatic carbocycles. The van der Waals surface area contributed by atoms with E-state index in [2.05, 4.69) is 64.1 Å². The van der Waals surface area contributed by atoms with Crippen molar-refractivity contribution in [2.24, 2.45) is 0 Å². The third-order valence-electron chi connectivity index (χ3n) is 4.51. The Labute approximate surface area is 163 Å². The zero-order chi connectivity index (χ0) is 18.6. The average Bonchev–Trinajstić information content (AvgIpc) is 3.32. The maximum absolute atomic E-state index is 4.80. The molecule has 0 atom stereocenters. The second kappa shape index (κ2) is 7.90. The first kappa shape index (κ1) is 17.7. The van der Waals surface area contributed by atoms with Gasteiger partial charge in [0.05, 0.1) is 12.2 Å². The van der Waals surface area contributed by atoms with Crippen LogP contribution in [-0.2, 0) is 13.0 Å². The number of rotatable bonds is 7. The minimum absolute atomic E-state index is 0.675. The second-order valence-electron chi connectivity index (χ2n) is 6.84. The first-order chi connectivity index (χ1) is 13.2. The molecule has 0 unspecified atom stereocenters. The van der Waals surface area contributed by atoms with Crippen molar-refractivity contribution in [3.8, 4) is 10.6 Å². The largest absolute Gasteiger partial charge is 0.364 e. The van der Waals surface area contributed by atoms with E-state index in [-0.39, 0.29) is 0 Å². The van der Waals surface area contributed by atoms with E-state index in [1.807, 2.05) is 18.2 Å². The summed E-state index contributed by atoms with van der Waals surface area (Å²) in [7, 11) is 4.22. The highest BCUT2D eigenvalue weighted by atomic mass is 32.1. The van der Waals surface area contributed by atoms with Crippen LogP contribution in [0, 0.1) is 0 Å². The number of fused-ring (bicyclic) bond motifs is 1. The van der Waals surface area contributed by atoms with Gasteiger partial charge in [0.15, 0.2) is 0 Å². The predicted octanol–water partition coefficient (Wildman–Crippen LogP) is 4.40. The fourth-order valence-electron chi connectivity index (χ4n) is 3.03. The van der Waals surface area contributed by atoms with Crippen LogP contribution < -0.4 is 5.32 Å². The number of aromatic amines is 1. The molecule has 0 spiro atoms. The van der Waals surface area contributed by atoms with Crippen molar-refractivity contribution in [1.29, 1.82) is 0 Å². The molecule has 0 radical (unpaired) electrons. The number of aromatic nitrogens is 3. The molecular weight excluding hydrogens is 354 g/mol. The maximum Gasteiger partial charge on any atom is 0.126 e. The van der Waals surface area contributed by atoms with E-state index in [1.165, 1.54) is 22.0 Å². The van der Waals surface area contributed by atoms with Gasteiger partial charge in [0, 0.05) is 40.8 Å². The normalized spacial score (nSPS) is 11.4. The number of anilines is 1. The summed E-state index contributed by atoms with van der Waals surface area (Å²) < 4.78 is 0. The van der Waals surface area contributed by atoms with Gasteiger partial charge >= 0.3 is 0 Å². The molecule has 0 aliphatic carbocycles. The summed E-state index contributed by atoms with van der Waals surface area (Å²) >= 11 is 1.68. The Bertz CT molecular complexity index is 1020. The van der Waals surface area contributed by atoms with Crippen molar-refractivity contribution in [3.63, 3.8) is 0 Å². The fraction of sp³-hybridized carbons (Fsp3) is 0.238. The third kappa shape index (κ3) is 4.18. The lowest BCUT2D eigenvalue weighted by Gasteiger charge is -2.08. The molecule has 2 N–H and O–H groups in total. The number of hydrogen-bond donors (Lipinski definition) is 2. The minimum Gasteiger partial charge on any atom is -0.364 e. The predicted molar refractivity (Wildman–Crippen MR) is 113 cm³/mol. The van der Waals surface area contributed by atoms with Crippen LogP contribution in [0.2, 0.25) is 0 Å². The summed E-state index contributed by atoms with van der Waals surface area (Å²) in [5.74, 6) is 0.867. The molecular formula is C21H23N5S. The van der Waals surface area contributed by atoms with Crippen LogP contribution >= 0.6 is 11.3 Å². The lowest BCUT2D eigenvalue weighted by molar-refractivity contribution is 0.414. The van der Waals surface area contributed by atoms with Gasteiger partial charge in [0.2, 0.25) is 0 Å². The maximum atomic E-state index is 4.80. The molecule has 4 aromatic rings. The van der Waals surface area contributed by atoms with E-state index in [9.17, 15) is 0 Å². The Morgan fingerprint density at radius 3 is 2.93 bits per heavy atom. The van der Waals surface area contributed by atoms with E-state index >= 15 is 0 Å². The number of thiazole rings is 1. The molecule has 5 nitrogen and oxygen atoms in total. The third-order valence-corrected chi connectivity index (χ3v) is 5.45. The zero-order valence-corrected chi connectivity index (χ0v) is 16.4. The molecule has 0 saturated carbocycles. The van der Waals surface area contributed by atoms with Gasteiger partial charge in [-0.05, 0) is 56.4 Å². The summed E-state index contributed by atoms with van der Waals surface area (Å²) in [4.78, 5) is 14.7. The quantitative estimate of drug-likeness (QED) is 0.501. The molecule has 6 heteroatoms. The van der Waals surface area contributed by atoms with E-state index < -0.39 is 0 Å². The van der Waals surface area contributed by atoms with Crippen molar-refractivity contribution in [1.82, 2.24) is 19.9 Å². The van der Waals surface area contributed by atoms with Gasteiger partial charge in [-0.25, -0.2) is 9.97 Å². The van der Waals surface area contributed by atoms with Gasteiger partial charge in [-0.15, -0.1) is 11.3 Å². The summed E-state index contributed by atoms with van der Waals surface area (Å²) in [6.45, 7) is 1.71. The highest BCUT2D eigenvalue weighted by Gasteiger charge is 2.09. The molecule has 0 saturated heterocycles. The van der Waals surface area contributed by atoms with Gasteiger partial charge < -0.3 is 15.2 Å². The second-order valence-corrected chi connectivity index (χ2v) is 7.70. The van der Waals surface area contributed by atoms with Gasteiger partial charge in [0.1, 0.15) is 10.8 Å². The van der Waals surface area contributed by atoms with Crippen molar-refractivity contribution in [2.75, 3.05) is 26.0 Å². The van der Waals surface area contributed by atoms with Gasteiger partial charge in [0.25, 0.3) is 0 Å². The summed E-state index contributed by atoms with van der Waals surface area (Å²) in [6, 6.07) is 12.4. The molecule has 27 heavy (non-hydrogen) atoms. The highest BCUT2D eigenvalue weighted by Crippen LogP contribution is 2.29. The molecule has 0 aliphatic heterocycles. The van der Waals surface area contributed by atoms with E-state index in [1.54, 1.807) is 17.5 Å². The van der Waals surface area contributed by atoms with Crippen LogP contribution in [0.25, 0.3) is 21.5 Å². The average molecular weight is 378 g/mol. The number of hydrogen-bond acceptors (Lipinski definition) is 5. The number of nitrogens with one attached hydrogen (secondary N) is 2. The van der Waals surface area contributed by atoms with Crippen molar-refractivity contribution in [2.45, 2.75) is 13.0 Å². The molecule has 4 rings (SSSR count). The molecule has 138 valence electrons. The number of pyridine rings is 1. The van der Waals surface area contributed by atoms with E-state index in [0.717, 1.165) is 29.5 Å². The van der Waals surface area contributed by atoms with Gasteiger partial charge in [-0.2, -0.15) is 0 Å². The molecule has 0 bridgehead atoms. The van der Waals surface area contributed by atoms with Crippen LogP contribution in [0.5, 0.6) is 0 Å². The van der Waals surface area contributed by atoms with Crippen molar-refractivity contribution < 1.29 is 0 Å². The topological polar surface area (TPSA) is 56.8 Å². The highest BCUT2D eigenvalue weighted by molar-refractivity contribution is 7.13. The number of nitrogens with zero attached hydrogens (tertiary/aromatic N) is 3. The summed E-state index contributed by atoms with van der Waals surface area (Å²) in [5, 5.41) is 7.76. The fourth-order valence-corrected chi connectivity index (χ4v) is 3.85. The standard InChI is InChI=1S/C21H23N5S/c1-26(2)10-8-16-12-23-19-7-6-15(11-18(16)19)21-25-17(14-27-21)13-24-20-5-3-4-9-22-20/h3-7,9,11-12,14,23H,8,10,13H2,1-2H3,(H,22,24). The Morgan fingerprint density at radius 1 is 1.19 bits per heavy atom. The first-order valence-corrected chi connectivity index (χ1v) is 9.91. The molecule has 3 aromatic heterocycles. The lowest BCUT2D eigenvalue weighted by Crippen LogP contribution is -2.14. The first-order valence-electron chi connectivity index (χ1n) is 9.03. The Balaban J connectivity index is 1.52. The minimum atomic E-state index is 0.675. The lowest BCUT2D eigenvalue weighted by atomic mass is 10.1. The van der Waals surface area contributed by atoms with E-state index in [4.69, 9.17) is 4.98 Å². The van der Waals surface area contributed by atoms with Gasteiger partial charge in [-0.1, -0.05) is 6.07 Å². The SMILES string of the molecule is CN(C)CCc1c[nH]c2ccc(-c3nc(CNc4ccccn4)cs3)cc12. The van der Waals surface area contributed by atoms with Crippen LogP contribution in [0.3, 0.4) is 0 Å². The number of likely N-dealkylation sites (N-methyl/N-ethyl adjacent to an activating group) is 1. The Hall–Kier alpha value is -2.70. The molecule has 0 aliphatic rings. The molecule has 0 amide bonds. The number of H-pyrrole nitrogens is 1. The van der Waals surface area contributed by atoms with Crippen LogP contribution in [-0.4, -0.2) is 40.5 Å². The Morgan fingerprint density at radius 2 is 2.11 bits per heavy atom. The summed E-state index contributed by atoms with van der Waals surface area (Å²) in [6.07, 6.45) is 4.95. The molecule has 0 fully saturated rings. The van der Waals surface area contributed by atoms with Crippen molar-refractivity contribution >= 4 is 28.1 Å². The number of benzene rings is 1. The van der Waals surface area contributed by atoms with Crippen LogP contribution in [0.15, 0.2) is 54.2 Å². The van der Waals surface area contributed by atoms with E-state index in [0.29, 0.717) is 6.54 Å². The zero-order valence-electron chi connectivity index (χ0n) is 15.6. The van der Waals surface area contributed by atoms with Crippen LogP contribution in [0.4, 0.5) is 5.82 Å². The monoisotopic (exact) mass is 377 g/mol.